The van der Waals surface area contributed by atoms with Gasteiger partial charge in [0.2, 0.25) is 10.0 Å². The molecule has 0 saturated carbocycles. The van der Waals surface area contributed by atoms with Crippen LogP contribution in [0.25, 0.3) is 10.8 Å². The molecule has 0 atom stereocenters. The van der Waals surface area contributed by atoms with E-state index in [1.807, 2.05) is 6.07 Å². The Morgan fingerprint density at radius 3 is 2.60 bits per heavy atom. The zero-order valence-electron chi connectivity index (χ0n) is 15.8. The fraction of sp³-hybridized carbons (Fsp3) is 0.200. The number of urea groups is 1. The van der Waals surface area contributed by atoms with Crippen molar-refractivity contribution in [2.45, 2.75) is 4.90 Å². The minimum absolute atomic E-state index is 0.0889. The Balaban J connectivity index is 1.46. The molecule has 0 aliphatic carbocycles. The molecular weight excluding hydrogens is 431 g/mol. The van der Waals surface area contributed by atoms with Crippen molar-refractivity contribution in [2.75, 3.05) is 31.5 Å². The second kappa shape index (κ2) is 8.17. The Hall–Kier alpha value is -2.75. The summed E-state index contributed by atoms with van der Waals surface area (Å²) >= 11 is 5.73. The number of carbonyl (C=O) groups is 1. The third-order valence-corrected chi connectivity index (χ3v) is 7.20. The first-order valence-corrected chi connectivity index (χ1v) is 11.0. The van der Waals surface area contributed by atoms with Gasteiger partial charge in [-0.1, -0.05) is 23.7 Å². The van der Waals surface area contributed by atoms with E-state index in [2.05, 4.69) is 10.3 Å². The number of hydrogen-bond acceptors (Lipinski definition) is 4. The van der Waals surface area contributed by atoms with Crippen LogP contribution in [0.2, 0.25) is 5.02 Å². The highest BCUT2D eigenvalue weighted by molar-refractivity contribution is 7.89. The van der Waals surface area contributed by atoms with Gasteiger partial charge in [0.15, 0.2) is 0 Å². The largest absolute Gasteiger partial charge is 0.322 e. The summed E-state index contributed by atoms with van der Waals surface area (Å²) in [7, 11) is -3.72. The monoisotopic (exact) mass is 448 g/mol. The number of aromatic nitrogens is 1. The average molecular weight is 449 g/mol. The first-order valence-electron chi connectivity index (χ1n) is 9.20. The minimum Gasteiger partial charge on any atom is -0.322 e. The van der Waals surface area contributed by atoms with Crippen LogP contribution in [0.15, 0.2) is 59.8 Å². The zero-order chi connectivity index (χ0) is 21.3. The van der Waals surface area contributed by atoms with Crippen molar-refractivity contribution in [3.8, 4) is 0 Å². The van der Waals surface area contributed by atoms with Gasteiger partial charge in [0.25, 0.3) is 0 Å². The molecule has 1 aromatic heterocycles. The van der Waals surface area contributed by atoms with Gasteiger partial charge in [-0.25, -0.2) is 17.6 Å². The van der Waals surface area contributed by atoms with E-state index in [0.717, 1.165) is 5.39 Å². The molecule has 2 heterocycles. The third-order valence-electron chi connectivity index (χ3n) is 4.96. The lowest BCUT2D eigenvalue weighted by atomic mass is 10.2. The molecule has 3 aromatic rings. The third kappa shape index (κ3) is 3.96. The lowest BCUT2D eigenvalue weighted by Gasteiger charge is -2.34. The molecule has 2 amide bonds. The number of nitrogens with one attached hydrogen (secondary N) is 1. The van der Waals surface area contributed by atoms with Crippen LogP contribution in [0.1, 0.15) is 0 Å². The molecular formula is C20H18ClFN4O3S. The van der Waals surface area contributed by atoms with E-state index in [0.29, 0.717) is 11.1 Å². The minimum atomic E-state index is -3.72. The molecule has 2 aromatic carbocycles. The summed E-state index contributed by atoms with van der Waals surface area (Å²) in [5, 5.41) is 3.92. The second-order valence-electron chi connectivity index (χ2n) is 6.80. The van der Waals surface area contributed by atoms with Gasteiger partial charge in [-0.15, -0.1) is 0 Å². The van der Waals surface area contributed by atoms with Gasteiger partial charge >= 0.3 is 6.03 Å². The molecule has 1 saturated heterocycles. The van der Waals surface area contributed by atoms with Crippen LogP contribution < -0.4 is 5.32 Å². The zero-order valence-corrected chi connectivity index (χ0v) is 17.3. The first kappa shape index (κ1) is 20.5. The highest BCUT2D eigenvalue weighted by atomic mass is 35.5. The number of nitrogens with zero attached hydrogens (tertiary/aromatic N) is 3. The SMILES string of the molecule is O=C(Nc1ccc(F)c(Cl)c1)N1CCN(S(=O)(=O)c2cccc3cnccc23)CC1. The van der Waals surface area contributed by atoms with E-state index in [-0.39, 0.29) is 36.1 Å². The summed E-state index contributed by atoms with van der Waals surface area (Å²) in [6.07, 6.45) is 3.18. The number of hydrogen-bond donors (Lipinski definition) is 1. The maximum Gasteiger partial charge on any atom is 0.321 e. The smallest absolute Gasteiger partial charge is 0.321 e. The topological polar surface area (TPSA) is 82.6 Å². The van der Waals surface area contributed by atoms with Gasteiger partial charge < -0.3 is 10.2 Å². The predicted molar refractivity (Wildman–Crippen MR) is 113 cm³/mol. The quantitative estimate of drug-likeness (QED) is 0.664. The Morgan fingerprint density at radius 2 is 1.87 bits per heavy atom. The molecule has 0 spiro atoms. The summed E-state index contributed by atoms with van der Waals surface area (Å²) in [6, 6.07) is 10.3. The Bertz CT molecular complexity index is 1210. The number of sulfonamides is 1. The molecule has 30 heavy (non-hydrogen) atoms. The highest BCUT2D eigenvalue weighted by Crippen LogP contribution is 2.26. The molecule has 1 fully saturated rings. The van der Waals surface area contributed by atoms with Crippen molar-refractivity contribution >= 4 is 44.1 Å². The molecule has 1 aliphatic heterocycles. The average Bonchev–Trinajstić information content (AvgIpc) is 2.76. The standard InChI is InChI=1S/C20H18ClFN4O3S/c21-17-12-15(4-5-18(17)22)24-20(27)25-8-10-26(11-9-25)30(28,29)19-3-1-2-14-13-23-7-6-16(14)19/h1-7,12-13H,8-11H2,(H,24,27). The van der Waals surface area contributed by atoms with Crippen LogP contribution in [0.4, 0.5) is 14.9 Å². The lowest BCUT2D eigenvalue weighted by molar-refractivity contribution is 0.184. The molecule has 1 N–H and O–H groups in total. The molecule has 10 heteroatoms. The number of piperazine rings is 1. The number of halogens is 2. The first-order chi connectivity index (χ1) is 14.4. The number of rotatable bonds is 3. The summed E-state index contributed by atoms with van der Waals surface area (Å²) < 4.78 is 41.0. The van der Waals surface area contributed by atoms with Crippen LogP contribution in [-0.4, -0.2) is 54.8 Å². The number of amides is 2. The van der Waals surface area contributed by atoms with E-state index in [4.69, 9.17) is 11.6 Å². The van der Waals surface area contributed by atoms with Crippen molar-refractivity contribution in [2.24, 2.45) is 0 Å². The Labute approximate surface area is 178 Å². The van der Waals surface area contributed by atoms with E-state index in [1.165, 1.54) is 27.4 Å². The maximum atomic E-state index is 13.3. The van der Waals surface area contributed by atoms with Crippen LogP contribution in [0.3, 0.4) is 0 Å². The van der Waals surface area contributed by atoms with Gasteiger partial charge in [-0.05, 0) is 30.3 Å². The summed E-state index contributed by atoms with van der Waals surface area (Å²) in [5.41, 5.74) is 0.366. The molecule has 0 unspecified atom stereocenters. The normalized spacial score (nSPS) is 15.3. The van der Waals surface area contributed by atoms with E-state index < -0.39 is 21.9 Å². The van der Waals surface area contributed by atoms with Gasteiger partial charge in [0.1, 0.15) is 5.82 Å². The van der Waals surface area contributed by atoms with Crippen molar-refractivity contribution in [1.82, 2.24) is 14.2 Å². The van der Waals surface area contributed by atoms with Gasteiger partial charge in [-0.3, -0.25) is 4.98 Å². The van der Waals surface area contributed by atoms with E-state index >= 15 is 0 Å². The molecule has 7 nitrogen and oxygen atoms in total. The lowest BCUT2D eigenvalue weighted by Crippen LogP contribution is -2.51. The van der Waals surface area contributed by atoms with Crippen molar-refractivity contribution in [1.29, 1.82) is 0 Å². The van der Waals surface area contributed by atoms with Gasteiger partial charge in [0.05, 0.1) is 9.92 Å². The maximum absolute atomic E-state index is 13.3. The summed E-state index contributed by atoms with van der Waals surface area (Å²) in [6.45, 7) is 0.793. The number of carbonyl (C=O) groups excluding carboxylic acids is 1. The van der Waals surface area contributed by atoms with Gasteiger partial charge in [0, 0.05) is 55.0 Å². The predicted octanol–water partition coefficient (Wildman–Crippen LogP) is 3.57. The van der Waals surface area contributed by atoms with Crippen LogP contribution >= 0.6 is 11.6 Å². The molecule has 0 bridgehead atoms. The number of anilines is 1. The van der Waals surface area contributed by atoms with Crippen LogP contribution in [0.5, 0.6) is 0 Å². The summed E-state index contributed by atoms with van der Waals surface area (Å²) in [4.78, 5) is 18.2. The Morgan fingerprint density at radius 1 is 1.10 bits per heavy atom. The van der Waals surface area contributed by atoms with E-state index in [1.54, 1.807) is 30.6 Å². The summed E-state index contributed by atoms with van der Waals surface area (Å²) in [5.74, 6) is -0.572. The van der Waals surface area contributed by atoms with Crippen molar-refractivity contribution < 1.29 is 17.6 Å². The molecule has 4 rings (SSSR count). The second-order valence-corrected chi connectivity index (χ2v) is 9.12. The Kier molecular flexibility index (Phi) is 5.59. The molecule has 156 valence electrons. The fourth-order valence-electron chi connectivity index (χ4n) is 3.36. The molecule has 1 aliphatic rings. The fourth-order valence-corrected chi connectivity index (χ4v) is 5.18. The molecule has 0 radical (unpaired) electrons. The van der Waals surface area contributed by atoms with Crippen molar-refractivity contribution in [3.05, 3.63) is 65.7 Å². The number of pyridine rings is 1. The van der Waals surface area contributed by atoms with Gasteiger partial charge in [-0.2, -0.15) is 4.31 Å². The number of fused-ring (bicyclic) bond motifs is 1. The number of benzene rings is 2. The van der Waals surface area contributed by atoms with Crippen molar-refractivity contribution in [3.63, 3.8) is 0 Å². The van der Waals surface area contributed by atoms with E-state index in [9.17, 15) is 17.6 Å². The van der Waals surface area contributed by atoms with Crippen LogP contribution in [-0.2, 0) is 10.0 Å². The highest BCUT2D eigenvalue weighted by Gasteiger charge is 2.31. The van der Waals surface area contributed by atoms with Crippen LogP contribution in [0, 0.1) is 5.82 Å².